The van der Waals surface area contributed by atoms with Crippen molar-refractivity contribution in [2.24, 2.45) is 5.73 Å². The Morgan fingerprint density at radius 3 is 2.86 bits per heavy atom. The monoisotopic (exact) mass is 202 g/mol. The van der Waals surface area contributed by atoms with Crippen LogP contribution in [0.4, 0.5) is 0 Å². The highest BCUT2D eigenvalue weighted by Crippen LogP contribution is 2.17. The quantitative estimate of drug-likeness (QED) is 0.612. The van der Waals surface area contributed by atoms with Gasteiger partial charge in [-0.15, -0.1) is 0 Å². The summed E-state index contributed by atoms with van der Waals surface area (Å²) in [4.78, 5) is 13.3. The Bertz CT molecular complexity index is 212. The molecule has 1 aliphatic heterocycles. The second-order valence-electron chi connectivity index (χ2n) is 3.99. The molecule has 0 saturated carbocycles. The topological polar surface area (TPSA) is 75.8 Å². The van der Waals surface area contributed by atoms with Gasteiger partial charge in [-0.3, -0.25) is 4.79 Å². The molecule has 2 unspecified atom stereocenters. The number of nitrogens with zero attached hydrogens (tertiary/aromatic N) is 1. The molecule has 2 atom stereocenters. The van der Waals surface area contributed by atoms with Crippen LogP contribution in [0.25, 0.3) is 0 Å². The minimum absolute atomic E-state index is 0.157. The third-order valence-electron chi connectivity index (χ3n) is 2.36. The number of likely N-dealkylation sites (N-methyl/N-ethyl adjacent to an activating group) is 1. The van der Waals surface area contributed by atoms with Crippen molar-refractivity contribution in [3.05, 3.63) is 0 Å². The summed E-state index contributed by atoms with van der Waals surface area (Å²) >= 11 is 0. The molecule has 1 aliphatic rings. The van der Waals surface area contributed by atoms with Crippen LogP contribution in [0.15, 0.2) is 0 Å². The third-order valence-corrected chi connectivity index (χ3v) is 2.36. The molecule has 0 aromatic rings. The fourth-order valence-electron chi connectivity index (χ4n) is 1.61. The van der Waals surface area contributed by atoms with Crippen molar-refractivity contribution in [2.45, 2.75) is 25.0 Å². The van der Waals surface area contributed by atoms with Crippen LogP contribution < -0.4 is 5.73 Å². The van der Waals surface area contributed by atoms with Crippen molar-refractivity contribution in [2.75, 3.05) is 26.8 Å². The van der Waals surface area contributed by atoms with Crippen LogP contribution in [0.2, 0.25) is 0 Å². The highest BCUT2D eigenvalue weighted by atomic mass is 16.5. The van der Waals surface area contributed by atoms with E-state index in [9.17, 15) is 4.79 Å². The van der Waals surface area contributed by atoms with Gasteiger partial charge in [0.2, 0.25) is 5.91 Å². The highest BCUT2D eigenvalue weighted by molar-refractivity contribution is 5.86. The number of hydrogen-bond acceptors (Lipinski definition) is 4. The van der Waals surface area contributed by atoms with Crippen LogP contribution in [0.1, 0.15) is 13.3 Å². The Kier molecular flexibility index (Phi) is 3.47. The normalized spacial score (nSPS) is 28.9. The number of nitrogens with two attached hydrogens (primary N) is 1. The number of aliphatic hydroxyl groups is 1. The average molecular weight is 202 g/mol. The van der Waals surface area contributed by atoms with E-state index < -0.39 is 11.6 Å². The molecule has 1 saturated heterocycles. The Balaban J connectivity index is 2.55. The zero-order valence-electron chi connectivity index (χ0n) is 8.69. The van der Waals surface area contributed by atoms with Gasteiger partial charge >= 0.3 is 0 Å². The van der Waals surface area contributed by atoms with Crippen molar-refractivity contribution in [3.8, 4) is 0 Å². The van der Waals surface area contributed by atoms with E-state index in [-0.39, 0.29) is 12.5 Å². The molecule has 0 spiro atoms. The zero-order valence-corrected chi connectivity index (χ0v) is 8.69. The van der Waals surface area contributed by atoms with Gasteiger partial charge in [0.05, 0.1) is 12.7 Å². The molecular weight excluding hydrogens is 184 g/mol. The Labute approximate surface area is 83.8 Å². The van der Waals surface area contributed by atoms with E-state index in [0.29, 0.717) is 19.6 Å². The lowest BCUT2D eigenvalue weighted by Gasteiger charge is -2.28. The summed E-state index contributed by atoms with van der Waals surface area (Å²) < 4.78 is 5.10. The molecule has 82 valence electrons. The van der Waals surface area contributed by atoms with Crippen molar-refractivity contribution in [3.63, 3.8) is 0 Å². The van der Waals surface area contributed by atoms with E-state index in [4.69, 9.17) is 15.6 Å². The third kappa shape index (κ3) is 2.43. The van der Waals surface area contributed by atoms with Gasteiger partial charge in [0, 0.05) is 20.2 Å². The number of ether oxygens (including phenoxy) is 1. The van der Waals surface area contributed by atoms with Gasteiger partial charge in [-0.2, -0.15) is 0 Å². The Hall–Kier alpha value is -0.650. The van der Waals surface area contributed by atoms with Gasteiger partial charge in [-0.25, -0.2) is 0 Å². The second-order valence-corrected chi connectivity index (χ2v) is 3.99. The molecule has 5 heteroatoms. The molecular formula is C9H18N2O3. The van der Waals surface area contributed by atoms with Crippen LogP contribution >= 0.6 is 0 Å². The molecule has 1 amide bonds. The van der Waals surface area contributed by atoms with Gasteiger partial charge in [0.1, 0.15) is 5.54 Å². The van der Waals surface area contributed by atoms with E-state index in [0.717, 1.165) is 0 Å². The molecule has 1 fully saturated rings. The molecule has 0 radical (unpaired) electrons. The van der Waals surface area contributed by atoms with Crippen LogP contribution in [0.3, 0.4) is 0 Å². The van der Waals surface area contributed by atoms with E-state index >= 15 is 0 Å². The van der Waals surface area contributed by atoms with E-state index in [2.05, 4.69) is 0 Å². The van der Waals surface area contributed by atoms with Gasteiger partial charge < -0.3 is 20.5 Å². The van der Waals surface area contributed by atoms with Gasteiger partial charge in [0.15, 0.2) is 0 Å². The van der Waals surface area contributed by atoms with Crippen molar-refractivity contribution < 1.29 is 14.6 Å². The SMILES string of the molecule is CC(O)CN(C)C(=O)C1(N)CCOC1. The highest BCUT2D eigenvalue weighted by Gasteiger charge is 2.40. The van der Waals surface area contributed by atoms with Crippen LogP contribution in [-0.2, 0) is 9.53 Å². The number of carbonyl (C=O) groups excluding carboxylic acids is 1. The van der Waals surface area contributed by atoms with E-state index in [1.807, 2.05) is 0 Å². The van der Waals surface area contributed by atoms with Crippen LogP contribution in [-0.4, -0.2) is 54.4 Å². The Morgan fingerprint density at radius 2 is 2.43 bits per heavy atom. The van der Waals surface area contributed by atoms with Gasteiger partial charge in [0.25, 0.3) is 0 Å². The standard InChI is InChI=1S/C9H18N2O3/c1-7(12)5-11(2)8(13)9(10)3-4-14-6-9/h7,12H,3-6,10H2,1-2H3. The molecule has 0 aromatic heterocycles. The van der Waals surface area contributed by atoms with Crippen LogP contribution in [0, 0.1) is 0 Å². The summed E-state index contributed by atoms with van der Waals surface area (Å²) in [5, 5.41) is 9.13. The lowest BCUT2D eigenvalue weighted by Crippen LogP contribution is -2.55. The largest absolute Gasteiger partial charge is 0.392 e. The summed E-state index contributed by atoms with van der Waals surface area (Å²) in [6, 6.07) is 0. The fourth-order valence-corrected chi connectivity index (χ4v) is 1.61. The first-order chi connectivity index (χ1) is 6.46. The molecule has 0 aliphatic carbocycles. The minimum Gasteiger partial charge on any atom is -0.392 e. The molecule has 0 bridgehead atoms. The van der Waals surface area contributed by atoms with Gasteiger partial charge in [-0.1, -0.05) is 0 Å². The second kappa shape index (κ2) is 4.25. The van der Waals surface area contributed by atoms with Gasteiger partial charge in [-0.05, 0) is 13.3 Å². The molecule has 5 nitrogen and oxygen atoms in total. The molecule has 1 rings (SSSR count). The molecule has 0 aromatic carbocycles. The first-order valence-corrected chi connectivity index (χ1v) is 4.76. The maximum atomic E-state index is 11.8. The lowest BCUT2D eigenvalue weighted by atomic mass is 9.98. The number of rotatable bonds is 3. The maximum Gasteiger partial charge on any atom is 0.244 e. The smallest absolute Gasteiger partial charge is 0.244 e. The maximum absolute atomic E-state index is 11.8. The summed E-state index contributed by atoms with van der Waals surface area (Å²) in [5.41, 5.74) is 5.00. The predicted octanol–water partition coefficient (Wildman–Crippen LogP) is -1.06. The minimum atomic E-state index is -0.885. The van der Waals surface area contributed by atoms with Crippen LogP contribution in [0.5, 0.6) is 0 Å². The fraction of sp³-hybridized carbons (Fsp3) is 0.889. The lowest BCUT2D eigenvalue weighted by molar-refractivity contribution is -0.136. The summed E-state index contributed by atoms with van der Waals surface area (Å²) in [6.07, 6.45) is 0.0190. The van der Waals surface area contributed by atoms with E-state index in [1.54, 1.807) is 14.0 Å². The summed E-state index contributed by atoms with van der Waals surface area (Å²) in [7, 11) is 1.64. The first-order valence-electron chi connectivity index (χ1n) is 4.76. The molecule has 1 heterocycles. The zero-order chi connectivity index (χ0) is 10.8. The number of carbonyl (C=O) groups is 1. The Morgan fingerprint density at radius 1 is 1.79 bits per heavy atom. The van der Waals surface area contributed by atoms with Crippen molar-refractivity contribution in [1.82, 2.24) is 4.90 Å². The summed E-state index contributed by atoms with van der Waals surface area (Å²) in [6.45, 7) is 2.75. The average Bonchev–Trinajstić information content (AvgIpc) is 2.51. The number of hydrogen-bond donors (Lipinski definition) is 2. The van der Waals surface area contributed by atoms with Crippen molar-refractivity contribution >= 4 is 5.91 Å². The molecule has 14 heavy (non-hydrogen) atoms. The number of aliphatic hydroxyl groups excluding tert-OH is 1. The van der Waals surface area contributed by atoms with Crippen molar-refractivity contribution in [1.29, 1.82) is 0 Å². The summed E-state index contributed by atoms with van der Waals surface area (Å²) in [5.74, 6) is -0.157. The molecule has 3 N–H and O–H groups in total. The van der Waals surface area contributed by atoms with E-state index in [1.165, 1.54) is 4.90 Å². The predicted molar refractivity (Wildman–Crippen MR) is 51.7 cm³/mol. The number of amides is 1. The first kappa shape index (κ1) is 11.4.